The van der Waals surface area contributed by atoms with Crippen LogP contribution in [-0.4, -0.2) is 46.3 Å². The van der Waals surface area contributed by atoms with Gasteiger partial charge in [0.15, 0.2) is 0 Å². The average molecular weight is 448 g/mol. The van der Waals surface area contributed by atoms with E-state index in [2.05, 4.69) is 10.6 Å². The summed E-state index contributed by atoms with van der Waals surface area (Å²) in [7, 11) is 0. The van der Waals surface area contributed by atoms with Crippen LogP contribution in [-0.2, 0) is 4.79 Å². The maximum Gasteiger partial charge on any atom is 0.317 e. The third-order valence-corrected chi connectivity index (χ3v) is 5.19. The van der Waals surface area contributed by atoms with Gasteiger partial charge in [0.1, 0.15) is 12.4 Å². The number of aromatic nitrogens is 2. The zero-order valence-corrected chi connectivity index (χ0v) is 20.1. The molecule has 0 aliphatic heterocycles. The smallest absolute Gasteiger partial charge is 0.317 e. The summed E-state index contributed by atoms with van der Waals surface area (Å²) < 4.78 is 1.76. The minimum atomic E-state index is -0.271. The number of carbonyl (C=O) groups excluding carboxylic acids is 2. The molecular weight excluding hydrogens is 414 g/mol. The molecule has 3 rings (SSSR count). The molecule has 2 N–H and O–H groups in total. The van der Waals surface area contributed by atoms with Gasteiger partial charge in [-0.3, -0.25) is 4.79 Å². The topological polar surface area (TPSA) is 79.3 Å². The van der Waals surface area contributed by atoms with E-state index in [9.17, 15) is 9.59 Å². The molecular formula is C26H33N5O2. The lowest BCUT2D eigenvalue weighted by Gasteiger charge is -2.24. The molecule has 0 atom stereocenters. The molecule has 1 aromatic heterocycles. The second-order valence-electron chi connectivity index (χ2n) is 8.58. The van der Waals surface area contributed by atoms with Gasteiger partial charge in [0, 0.05) is 18.7 Å². The number of hydrogen-bond acceptors (Lipinski definition) is 3. The minimum Gasteiger partial charge on any atom is -0.338 e. The fraction of sp³-hybridized carbons (Fsp3) is 0.346. The first-order valence-corrected chi connectivity index (χ1v) is 11.3. The normalized spacial score (nSPS) is 10.8. The Hall–Kier alpha value is -3.61. The number of nitrogens with zero attached hydrogens (tertiary/aromatic N) is 3. The molecule has 0 saturated heterocycles. The Morgan fingerprint density at radius 1 is 1.03 bits per heavy atom. The van der Waals surface area contributed by atoms with Gasteiger partial charge < -0.3 is 15.5 Å². The Morgan fingerprint density at radius 3 is 2.30 bits per heavy atom. The molecule has 0 radical (unpaired) electrons. The van der Waals surface area contributed by atoms with Gasteiger partial charge in [-0.25, -0.2) is 9.48 Å². The van der Waals surface area contributed by atoms with Crippen LogP contribution in [0.4, 0.5) is 10.6 Å². The van der Waals surface area contributed by atoms with Crippen LogP contribution in [0.2, 0.25) is 0 Å². The van der Waals surface area contributed by atoms with Crippen molar-refractivity contribution < 1.29 is 9.59 Å². The zero-order valence-electron chi connectivity index (χ0n) is 20.1. The summed E-state index contributed by atoms with van der Waals surface area (Å²) in [4.78, 5) is 27.2. The van der Waals surface area contributed by atoms with Crippen molar-refractivity contribution >= 4 is 17.8 Å². The van der Waals surface area contributed by atoms with Crippen molar-refractivity contribution in [3.63, 3.8) is 0 Å². The summed E-state index contributed by atoms with van der Waals surface area (Å²) in [5, 5.41) is 10.6. The highest BCUT2D eigenvalue weighted by molar-refractivity contribution is 5.97. The van der Waals surface area contributed by atoms with Crippen LogP contribution in [0.1, 0.15) is 32.0 Å². The maximum atomic E-state index is 13.2. The van der Waals surface area contributed by atoms with Gasteiger partial charge >= 0.3 is 6.03 Å². The Kier molecular flexibility index (Phi) is 7.87. The molecule has 7 nitrogen and oxygen atoms in total. The standard InChI is InChI=1S/C26H33N5O2/c1-6-27-26(33)30(16-18(2)3)17-23(32)28-25-24(21-10-8-7-9-11-21)20(5)29-31(25)22-14-12-19(4)13-15-22/h7-15,18H,6,16-17H2,1-5H3,(H,27,33)(H,28,32). The number of hydrogen-bond donors (Lipinski definition) is 2. The Balaban J connectivity index is 1.98. The van der Waals surface area contributed by atoms with Gasteiger partial charge in [0.05, 0.1) is 11.4 Å². The molecule has 1 heterocycles. The molecule has 0 unspecified atom stereocenters. The van der Waals surface area contributed by atoms with Gasteiger partial charge in [-0.05, 0) is 44.4 Å². The fourth-order valence-corrected chi connectivity index (χ4v) is 3.73. The van der Waals surface area contributed by atoms with Gasteiger partial charge in [0.2, 0.25) is 5.91 Å². The second-order valence-corrected chi connectivity index (χ2v) is 8.58. The first-order chi connectivity index (χ1) is 15.8. The zero-order chi connectivity index (χ0) is 24.0. The van der Waals surface area contributed by atoms with E-state index >= 15 is 0 Å². The van der Waals surface area contributed by atoms with Crippen molar-refractivity contribution in [2.24, 2.45) is 5.92 Å². The van der Waals surface area contributed by atoms with Crippen molar-refractivity contribution in [3.8, 4) is 16.8 Å². The van der Waals surface area contributed by atoms with Crippen molar-refractivity contribution in [3.05, 3.63) is 65.9 Å². The SMILES string of the molecule is CCNC(=O)N(CC(=O)Nc1c(-c2ccccc2)c(C)nn1-c1ccc(C)cc1)CC(C)C. The van der Waals surface area contributed by atoms with Gasteiger partial charge in [-0.15, -0.1) is 0 Å². The number of rotatable bonds is 8. The van der Waals surface area contributed by atoms with E-state index in [4.69, 9.17) is 5.10 Å². The molecule has 0 bridgehead atoms. The predicted octanol–water partition coefficient (Wildman–Crippen LogP) is 4.78. The number of benzene rings is 2. The molecule has 0 aliphatic rings. The molecule has 2 aromatic carbocycles. The molecule has 0 spiro atoms. The van der Waals surface area contributed by atoms with E-state index in [-0.39, 0.29) is 24.4 Å². The molecule has 0 fully saturated rings. The summed E-state index contributed by atoms with van der Waals surface area (Å²) in [6.07, 6.45) is 0. The van der Waals surface area contributed by atoms with Crippen LogP contribution >= 0.6 is 0 Å². The largest absolute Gasteiger partial charge is 0.338 e. The quantitative estimate of drug-likeness (QED) is 0.521. The first kappa shape index (κ1) is 24.0. The molecule has 7 heteroatoms. The lowest BCUT2D eigenvalue weighted by Crippen LogP contribution is -2.45. The lowest BCUT2D eigenvalue weighted by molar-refractivity contribution is -0.116. The fourth-order valence-electron chi connectivity index (χ4n) is 3.73. The number of carbonyl (C=O) groups is 2. The summed E-state index contributed by atoms with van der Waals surface area (Å²) in [6, 6.07) is 17.6. The third kappa shape index (κ3) is 6.00. The Morgan fingerprint density at radius 2 is 1.70 bits per heavy atom. The highest BCUT2D eigenvalue weighted by atomic mass is 16.2. The van der Waals surface area contributed by atoms with E-state index in [1.54, 1.807) is 9.58 Å². The molecule has 0 saturated carbocycles. The highest BCUT2D eigenvalue weighted by Crippen LogP contribution is 2.33. The van der Waals surface area contributed by atoms with E-state index in [1.807, 2.05) is 89.2 Å². The minimum absolute atomic E-state index is 0.0453. The monoisotopic (exact) mass is 447 g/mol. The molecule has 174 valence electrons. The van der Waals surface area contributed by atoms with Crippen LogP contribution in [0, 0.1) is 19.8 Å². The van der Waals surface area contributed by atoms with Crippen LogP contribution in [0.5, 0.6) is 0 Å². The molecule has 3 aromatic rings. The van der Waals surface area contributed by atoms with Crippen molar-refractivity contribution in [1.82, 2.24) is 20.0 Å². The molecule has 33 heavy (non-hydrogen) atoms. The number of aryl methyl sites for hydroxylation is 2. The Labute approximate surface area is 195 Å². The maximum absolute atomic E-state index is 13.2. The predicted molar refractivity (Wildman–Crippen MR) is 133 cm³/mol. The summed E-state index contributed by atoms with van der Waals surface area (Å²) >= 11 is 0. The van der Waals surface area contributed by atoms with E-state index in [0.29, 0.717) is 18.9 Å². The van der Waals surface area contributed by atoms with Crippen molar-refractivity contribution in [2.45, 2.75) is 34.6 Å². The van der Waals surface area contributed by atoms with E-state index < -0.39 is 0 Å². The Bertz CT molecular complexity index is 1090. The summed E-state index contributed by atoms with van der Waals surface area (Å²) in [5.74, 6) is 0.556. The number of anilines is 1. The first-order valence-electron chi connectivity index (χ1n) is 11.3. The van der Waals surface area contributed by atoms with Crippen LogP contribution in [0.25, 0.3) is 16.8 Å². The third-order valence-electron chi connectivity index (χ3n) is 5.19. The second kappa shape index (κ2) is 10.8. The number of nitrogens with one attached hydrogen (secondary N) is 2. The van der Waals surface area contributed by atoms with Crippen LogP contribution < -0.4 is 10.6 Å². The number of urea groups is 1. The van der Waals surface area contributed by atoms with Gasteiger partial charge in [-0.2, -0.15) is 5.10 Å². The highest BCUT2D eigenvalue weighted by Gasteiger charge is 2.23. The molecule has 0 aliphatic carbocycles. The van der Waals surface area contributed by atoms with Crippen molar-refractivity contribution in [1.29, 1.82) is 0 Å². The van der Waals surface area contributed by atoms with Crippen molar-refractivity contribution in [2.75, 3.05) is 25.0 Å². The van der Waals surface area contributed by atoms with E-state index in [1.165, 1.54) is 0 Å². The van der Waals surface area contributed by atoms with Crippen LogP contribution in [0.3, 0.4) is 0 Å². The average Bonchev–Trinajstić information content (AvgIpc) is 3.09. The van der Waals surface area contributed by atoms with Gasteiger partial charge in [-0.1, -0.05) is 61.9 Å². The van der Waals surface area contributed by atoms with E-state index in [0.717, 1.165) is 28.1 Å². The molecule has 3 amide bonds. The summed E-state index contributed by atoms with van der Waals surface area (Å²) in [5.41, 5.74) is 4.62. The number of amides is 3. The lowest BCUT2D eigenvalue weighted by atomic mass is 10.1. The summed E-state index contributed by atoms with van der Waals surface area (Å²) in [6.45, 7) is 10.8. The van der Waals surface area contributed by atoms with Crippen LogP contribution in [0.15, 0.2) is 54.6 Å². The van der Waals surface area contributed by atoms with Gasteiger partial charge in [0.25, 0.3) is 0 Å².